The first-order chi connectivity index (χ1) is 8.24. The molecule has 1 heterocycles. The van der Waals surface area contributed by atoms with Gasteiger partial charge in [-0.05, 0) is 25.5 Å². The Bertz CT molecular complexity index is 405. The van der Waals surface area contributed by atoms with Crippen LogP contribution in [0.4, 0.5) is 0 Å². The predicted molar refractivity (Wildman–Crippen MR) is 64.1 cm³/mol. The highest BCUT2D eigenvalue weighted by Crippen LogP contribution is 2.34. The summed E-state index contributed by atoms with van der Waals surface area (Å²) in [6.07, 6.45) is 1.62. The van der Waals surface area contributed by atoms with Crippen molar-refractivity contribution in [1.29, 1.82) is 0 Å². The van der Waals surface area contributed by atoms with E-state index in [0.717, 1.165) is 24.3 Å². The number of para-hydroxylation sites is 1. The summed E-state index contributed by atoms with van der Waals surface area (Å²) in [6, 6.07) is 7.44. The van der Waals surface area contributed by atoms with E-state index >= 15 is 0 Å². The average molecular weight is 235 g/mol. The first-order valence-electron chi connectivity index (χ1n) is 5.83. The maximum Gasteiger partial charge on any atom is 0.308 e. The lowest BCUT2D eigenvalue weighted by molar-refractivity contribution is -0.143. The van der Waals surface area contributed by atoms with E-state index in [4.69, 9.17) is 4.74 Å². The fourth-order valence-electron chi connectivity index (χ4n) is 2.40. The Morgan fingerprint density at radius 1 is 1.47 bits per heavy atom. The average Bonchev–Trinajstić information content (AvgIpc) is 2.38. The number of ether oxygens (including phenoxy) is 1. The van der Waals surface area contributed by atoms with E-state index < -0.39 is 5.97 Å². The van der Waals surface area contributed by atoms with Gasteiger partial charge in [0.2, 0.25) is 0 Å². The topological polar surface area (TPSA) is 58.6 Å². The van der Waals surface area contributed by atoms with E-state index in [2.05, 4.69) is 5.32 Å². The van der Waals surface area contributed by atoms with Gasteiger partial charge in [-0.2, -0.15) is 0 Å². The fraction of sp³-hybridized carbons (Fsp3) is 0.462. The minimum atomic E-state index is -0.742. The minimum absolute atomic E-state index is 0.155. The smallest absolute Gasteiger partial charge is 0.308 e. The van der Waals surface area contributed by atoms with Crippen LogP contribution in [-0.4, -0.2) is 24.7 Å². The van der Waals surface area contributed by atoms with E-state index in [1.807, 2.05) is 24.3 Å². The van der Waals surface area contributed by atoms with Crippen molar-refractivity contribution in [1.82, 2.24) is 5.32 Å². The number of rotatable bonds is 3. The summed E-state index contributed by atoms with van der Waals surface area (Å²) in [4.78, 5) is 11.3. The van der Waals surface area contributed by atoms with Gasteiger partial charge < -0.3 is 15.2 Å². The SMILES string of the molecule is COc1ccccc1C1NCCCC1C(=O)O. The normalized spacial score (nSPS) is 24.3. The van der Waals surface area contributed by atoms with Gasteiger partial charge in [0.15, 0.2) is 0 Å². The van der Waals surface area contributed by atoms with Gasteiger partial charge in [-0.1, -0.05) is 18.2 Å². The molecule has 0 amide bonds. The molecule has 1 aromatic rings. The van der Waals surface area contributed by atoms with Crippen molar-refractivity contribution in [2.75, 3.05) is 13.7 Å². The van der Waals surface area contributed by atoms with Crippen LogP contribution in [-0.2, 0) is 4.79 Å². The number of benzene rings is 1. The Hall–Kier alpha value is -1.55. The first kappa shape index (κ1) is 11.9. The second-order valence-corrected chi connectivity index (χ2v) is 4.26. The van der Waals surface area contributed by atoms with Crippen molar-refractivity contribution in [2.45, 2.75) is 18.9 Å². The summed E-state index contributed by atoms with van der Waals surface area (Å²) in [7, 11) is 1.61. The van der Waals surface area contributed by atoms with Crippen LogP contribution in [0.2, 0.25) is 0 Å². The largest absolute Gasteiger partial charge is 0.496 e. The molecule has 2 unspecified atom stereocenters. The van der Waals surface area contributed by atoms with E-state index in [-0.39, 0.29) is 12.0 Å². The summed E-state index contributed by atoms with van der Waals surface area (Å²) in [5, 5.41) is 12.5. The Morgan fingerprint density at radius 2 is 2.24 bits per heavy atom. The standard InChI is InChI=1S/C13H17NO3/c1-17-11-7-3-2-5-9(11)12-10(13(15)16)6-4-8-14-12/h2-3,5,7,10,12,14H,4,6,8H2,1H3,(H,15,16). The molecular weight excluding hydrogens is 218 g/mol. The number of carboxylic acids is 1. The van der Waals surface area contributed by atoms with Crippen LogP contribution in [0.3, 0.4) is 0 Å². The van der Waals surface area contributed by atoms with Crippen LogP contribution in [0, 0.1) is 5.92 Å². The van der Waals surface area contributed by atoms with E-state index in [0.29, 0.717) is 6.42 Å². The number of methoxy groups -OCH3 is 1. The highest BCUT2D eigenvalue weighted by molar-refractivity contribution is 5.71. The third-order valence-corrected chi connectivity index (χ3v) is 3.25. The van der Waals surface area contributed by atoms with Gasteiger partial charge in [0, 0.05) is 11.6 Å². The van der Waals surface area contributed by atoms with Crippen LogP contribution in [0.1, 0.15) is 24.4 Å². The molecule has 1 aliphatic heterocycles. The van der Waals surface area contributed by atoms with Crippen LogP contribution in [0.25, 0.3) is 0 Å². The van der Waals surface area contributed by atoms with Crippen molar-refractivity contribution >= 4 is 5.97 Å². The van der Waals surface area contributed by atoms with Crippen LogP contribution in [0.5, 0.6) is 5.75 Å². The molecule has 4 heteroatoms. The minimum Gasteiger partial charge on any atom is -0.496 e. The van der Waals surface area contributed by atoms with Gasteiger partial charge in [-0.25, -0.2) is 0 Å². The summed E-state index contributed by atoms with van der Waals surface area (Å²) in [5.41, 5.74) is 0.933. The highest BCUT2D eigenvalue weighted by atomic mass is 16.5. The van der Waals surface area contributed by atoms with Crippen molar-refractivity contribution in [2.24, 2.45) is 5.92 Å². The Morgan fingerprint density at radius 3 is 2.94 bits per heavy atom. The van der Waals surface area contributed by atoms with Crippen molar-refractivity contribution < 1.29 is 14.6 Å². The second kappa shape index (κ2) is 5.19. The quantitative estimate of drug-likeness (QED) is 0.839. The number of nitrogens with one attached hydrogen (secondary N) is 1. The molecule has 1 aliphatic rings. The number of carbonyl (C=O) groups is 1. The maximum atomic E-state index is 11.3. The van der Waals surface area contributed by atoms with E-state index in [1.54, 1.807) is 7.11 Å². The maximum absolute atomic E-state index is 11.3. The molecular formula is C13H17NO3. The number of hydrogen-bond donors (Lipinski definition) is 2. The zero-order valence-corrected chi connectivity index (χ0v) is 9.85. The zero-order chi connectivity index (χ0) is 12.3. The molecule has 4 nitrogen and oxygen atoms in total. The Labute approximate surface area is 101 Å². The monoisotopic (exact) mass is 235 g/mol. The van der Waals surface area contributed by atoms with Crippen LogP contribution in [0.15, 0.2) is 24.3 Å². The third kappa shape index (κ3) is 2.42. The molecule has 0 spiro atoms. The lowest BCUT2D eigenvalue weighted by atomic mass is 9.86. The van der Waals surface area contributed by atoms with Gasteiger partial charge in [-0.3, -0.25) is 4.79 Å². The predicted octanol–water partition coefficient (Wildman–Crippen LogP) is 1.82. The molecule has 17 heavy (non-hydrogen) atoms. The van der Waals surface area contributed by atoms with Gasteiger partial charge >= 0.3 is 5.97 Å². The first-order valence-corrected chi connectivity index (χ1v) is 5.83. The summed E-state index contributed by atoms with van der Waals surface area (Å²) in [6.45, 7) is 0.854. The van der Waals surface area contributed by atoms with E-state index in [9.17, 15) is 9.90 Å². The number of piperidine rings is 1. The molecule has 0 saturated carbocycles. The van der Waals surface area contributed by atoms with Crippen LogP contribution < -0.4 is 10.1 Å². The molecule has 2 atom stereocenters. The number of aliphatic carboxylic acids is 1. The highest BCUT2D eigenvalue weighted by Gasteiger charge is 2.33. The molecule has 2 rings (SSSR count). The molecule has 1 aromatic carbocycles. The molecule has 2 N–H and O–H groups in total. The van der Waals surface area contributed by atoms with Gasteiger partial charge in [0.1, 0.15) is 5.75 Å². The fourth-order valence-corrected chi connectivity index (χ4v) is 2.40. The molecule has 92 valence electrons. The number of hydrogen-bond acceptors (Lipinski definition) is 3. The van der Waals surface area contributed by atoms with Crippen molar-refractivity contribution in [3.8, 4) is 5.75 Å². The third-order valence-electron chi connectivity index (χ3n) is 3.25. The molecule has 1 saturated heterocycles. The van der Waals surface area contributed by atoms with Crippen molar-refractivity contribution in [3.05, 3.63) is 29.8 Å². The summed E-state index contributed by atoms with van der Waals surface area (Å²) in [5.74, 6) is -0.369. The van der Waals surface area contributed by atoms with Crippen LogP contribution >= 0.6 is 0 Å². The van der Waals surface area contributed by atoms with Gasteiger partial charge in [0.25, 0.3) is 0 Å². The van der Waals surface area contributed by atoms with Crippen molar-refractivity contribution in [3.63, 3.8) is 0 Å². The van der Waals surface area contributed by atoms with Gasteiger partial charge in [0.05, 0.1) is 13.0 Å². The molecule has 0 aromatic heterocycles. The number of carboxylic acid groups (broad SMARTS) is 1. The second-order valence-electron chi connectivity index (χ2n) is 4.26. The lowest BCUT2D eigenvalue weighted by Crippen LogP contribution is -2.38. The Balaban J connectivity index is 2.32. The molecule has 1 fully saturated rings. The Kier molecular flexibility index (Phi) is 3.64. The van der Waals surface area contributed by atoms with Gasteiger partial charge in [-0.15, -0.1) is 0 Å². The van der Waals surface area contributed by atoms with E-state index in [1.165, 1.54) is 0 Å². The molecule has 0 aliphatic carbocycles. The summed E-state index contributed by atoms with van der Waals surface area (Å²) < 4.78 is 5.29. The molecule has 0 radical (unpaired) electrons. The zero-order valence-electron chi connectivity index (χ0n) is 9.85. The molecule has 0 bridgehead atoms. The summed E-state index contributed by atoms with van der Waals surface area (Å²) >= 11 is 0. The lowest BCUT2D eigenvalue weighted by Gasteiger charge is -2.31.